The van der Waals surface area contributed by atoms with Crippen molar-refractivity contribution in [3.63, 3.8) is 0 Å². The minimum absolute atomic E-state index is 0.400. The van der Waals surface area contributed by atoms with Crippen molar-refractivity contribution >= 4 is 11.8 Å². The average molecular weight is 218 g/mol. The smallest absolute Gasteiger partial charge is 0.235 e. The van der Waals surface area contributed by atoms with Crippen LogP contribution in [0.15, 0.2) is 23.2 Å². The van der Waals surface area contributed by atoms with Gasteiger partial charge < -0.3 is 4.90 Å². The van der Waals surface area contributed by atoms with Crippen LogP contribution >= 0.6 is 0 Å². The van der Waals surface area contributed by atoms with Crippen LogP contribution in [-0.4, -0.2) is 20.2 Å². The third kappa shape index (κ3) is 2.94. The molecule has 0 amide bonds. The molecule has 0 aliphatic rings. The van der Waals surface area contributed by atoms with Crippen molar-refractivity contribution in [3.05, 3.63) is 29.3 Å². The molecule has 3 nitrogen and oxygen atoms in total. The summed E-state index contributed by atoms with van der Waals surface area (Å²) in [5, 5.41) is 0. The van der Waals surface area contributed by atoms with Crippen molar-refractivity contribution in [1.29, 1.82) is 0 Å². The highest BCUT2D eigenvalue weighted by Gasteiger charge is 2.07. The van der Waals surface area contributed by atoms with Gasteiger partial charge in [-0.2, -0.15) is 0 Å². The molecule has 0 unspecified atom stereocenters. The van der Waals surface area contributed by atoms with Crippen molar-refractivity contribution in [1.82, 2.24) is 0 Å². The molecule has 0 heterocycles. The predicted octanol–water partition coefficient (Wildman–Crippen LogP) is 2.71. The van der Waals surface area contributed by atoms with Gasteiger partial charge in [-0.05, 0) is 23.1 Å². The Morgan fingerprint density at radius 3 is 2.56 bits per heavy atom. The third-order valence-corrected chi connectivity index (χ3v) is 2.57. The largest absolute Gasteiger partial charge is 0.377 e. The minimum atomic E-state index is 0.400. The number of nitrogens with zero attached hydrogens (tertiary/aromatic N) is 2. The summed E-state index contributed by atoms with van der Waals surface area (Å²) in [6.45, 7) is 4.70. The maximum atomic E-state index is 10.2. The number of hydrogen-bond donors (Lipinski definition) is 0. The van der Waals surface area contributed by atoms with Gasteiger partial charge in [0.25, 0.3) is 0 Å². The fraction of sp³-hybridized carbons (Fsp3) is 0.462. The molecule has 0 atom stereocenters. The lowest BCUT2D eigenvalue weighted by molar-refractivity contribution is 0.563. The van der Waals surface area contributed by atoms with Crippen LogP contribution in [0.1, 0.15) is 30.9 Å². The Morgan fingerprint density at radius 1 is 1.38 bits per heavy atom. The summed E-state index contributed by atoms with van der Waals surface area (Å²) in [7, 11) is 3.97. The Balaban J connectivity index is 3.15. The first kappa shape index (κ1) is 12.5. The third-order valence-electron chi connectivity index (χ3n) is 2.57. The fourth-order valence-corrected chi connectivity index (χ4v) is 1.64. The number of aliphatic imine (C=N–C) groups is 1. The molecule has 0 radical (unpaired) electrons. The van der Waals surface area contributed by atoms with Crippen LogP contribution in [0.25, 0.3) is 0 Å². The second-order valence-electron chi connectivity index (χ2n) is 4.34. The second kappa shape index (κ2) is 5.47. The molecule has 0 saturated heterocycles. The van der Waals surface area contributed by atoms with Gasteiger partial charge in [0.05, 0.1) is 6.54 Å². The van der Waals surface area contributed by atoms with E-state index in [0.29, 0.717) is 12.5 Å². The summed E-state index contributed by atoms with van der Waals surface area (Å²) >= 11 is 0. The van der Waals surface area contributed by atoms with E-state index in [1.54, 1.807) is 6.08 Å². The standard InChI is InChI=1S/C13H18N2O/c1-10(2)11-5-6-13(15(3)4)12(7-11)8-14-9-16/h5-7,10H,8H2,1-4H3. The summed E-state index contributed by atoms with van der Waals surface area (Å²) in [5.41, 5.74) is 3.43. The normalized spacial score (nSPS) is 10.1. The van der Waals surface area contributed by atoms with Gasteiger partial charge in [-0.1, -0.05) is 26.0 Å². The van der Waals surface area contributed by atoms with Gasteiger partial charge in [-0.25, -0.2) is 9.79 Å². The highest BCUT2D eigenvalue weighted by atomic mass is 16.1. The molecule has 0 aromatic heterocycles. The first-order chi connectivity index (χ1) is 7.56. The monoisotopic (exact) mass is 218 g/mol. The summed E-state index contributed by atoms with van der Waals surface area (Å²) in [4.78, 5) is 15.9. The molecule has 0 fully saturated rings. The molecule has 1 rings (SSSR count). The van der Waals surface area contributed by atoms with Crippen molar-refractivity contribution in [2.45, 2.75) is 26.3 Å². The molecule has 0 saturated carbocycles. The summed E-state index contributed by atoms with van der Waals surface area (Å²) in [6, 6.07) is 6.31. The number of carbonyl (C=O) groups excluding carboxylic acids is 1. The lowest BCUT2D eigenvalue weighted by Gasteiger charge is -2.18. The molecule has 0 bridgehead atoms. The van der Waals surface area contributed by atoms with E-state index >= 15 is 0 Å². The number of benzene rings is 1. The molecule has 0 aliphatic carbocycles. The van der Waals surface area contributed by atoms with Crippen LogP contribution < -0.4 is 4.90 Å². The van der Waals surface area contributed by atoms with E-state index in [1.165, 1.54) is 5.56 Å². The number of rotatable bonds is 4. The lowest BCUT2D eigenvalue weighted by atomic mass is 9.99. The molecule has 0 spiro atoms. The number of hydrogen-bond acceptors (Lipinski definition) is 3. The molecule has 16 heavy (non-hydrogen) atoms. The molecule has 1 aromatic carbocycles. The summed E-state index contributed by atoms with van der Waals surface area (Å²) < 4.78 is 0. The zero-order valence-electron chi connectivity index (χ0n) is 10.3. The van der Waals surface area contributed by atoms with Crippen molar-refractivity contribution in [3.8, 4) is 0 Å². The first-order valence-electron chi connectivity index (χ1n) is 5.40. The van der Waals surface area contributed by atoms with Crippen LogP contribution in [0.4, 0.5) is 5.69 Å². The number of anilines is 1. The quantitative estimate of drug-likeness (QED) is 0.575. The molecule has 0 aliphatic heterocycles. The van der Waals surface area contributed by atoms with Gasteiger partial charge in [0, 0.05) is 19.8 Å². The van der Waals surface area contributed by atoms with E-state index in [-0.39, 0.29) is 0 Å². The van der Waals surface area contributed by atoms with Gasteiger partial charge in [-0.15, -0.1) is 0 Å². The van der Waals surface area contributed by atoms with Gasteiger partial charge in [0.2, 0.25) is 6.08 Å². The summed E-state index contributed by atoms with van der Waals surface area (Å²) in [6.07, 6.45) is 1.59. The Morgan fingerprint density at radius 2 is 2.06 bits per heavy atom. The van der Waals surface area contributed by atoms with Gasteiger partial charge in [0.1, 0.15) is 0 Å². The van der Waals surface area contributed by atoms with E-state index in [1.807, 2.05) is 19.0 Å². The van der Waals surface area contributed by atoms with Gasteiger partial charge >= 0.3 is 0 Å². The van der Waals surface area contributed by atoms with Crippen molar-refractivity contribution in [2.75, 3.05) is 19.0 Å². The maximum absolute atomic E-state index is 10.2. The van der Waals surface area contributed by atoms with E-state index < -0.39 is 0 Å². The van der Waals surface area contributed by atoms with Crippen LogP contribution in [-0.2, 0) is 11.3 Å². The van der Waals surface area contributed by atoms with E-state index in [2.05, 4.69) is 37.0 Å². The van der Waals surface area contributed by atoms with Crippen molar-refractivity contribution in [2.24, 2.45) is 4.99 Å². The Bertz CT molecular complexity index is 404. The molecular weight excluding hydrogens is 200 g/mol. The van der Waals surface area contributed by atoms with Gasteiger partial charge in [0.15, 0.2) is 0 Å². The maximum Gasteiger partial charge on any atom is 0.235 e. The van der Waals surface area contributed by atoms with Crippen LogP contribution in [0.3, 0.4) is 0 Å². The Labute approximate surface area is 96.8 Å². The Kier molecular flexibility index (Phi) is 4.27. The summed E-state index contributed by atoms with van der Waals surface area (Å²) in [5.74, 6) is 0.482. The van der Waals surface area contributed by atoms with E-state index in [4.69, 9.17) is 0 Å². The minimum Gasteiger partial charge on any atom is -0.377 e. The lowest BCUT2D eigenvalue weighted by Crippen LogP contribution is -2.11. The predicted molar refractivity (Wildman–Crippen MR) is 66.7 cm³/mol. The van der Waals surface area contributed by atoms with Crippen molar-refractivity contribution < 1.29 is 4.79 Å². The molecule has 86 valence electrons. The highest BCUT2D eigenvalue weighted by molar-refractivity contribution is 5.55. The van der Waals surface area contributed by atoms with Crippen LogP contribution in [0.2, 0.25) is 0 Å². The van der Waals surface area contributed by atoms with Gasteiger partial charge in [-0.3, -0.25) is 0 Å². The topological polar surface area (TPSA) is 32.7 Å². The molecule has 1 aromatic rings. The molecular formula is C13H18N2O. The van der Waals surface area contributed by atoms with E-state index in [0.717, 1.165) is 11.3 Å². The molecule has 3 heteroatoms. The highest BCUT2D eigenvalue weighted by Crippen LogP contribution is 2.24. The zero-order valence-corrected chi connectivity index (χ0v) is 10.3. The van der Waals surface area contributed by atoms with Crippen LogP contribution in [0, 0.1) is 0 Å². The molecule has 0 N–H and O–H groups in total. The zero-order chi connectivity index (χ0) is 12.1. The first-order valence-corrected chi connectivity index (χ1v) is 5.40. The number of isocyanates is 1. The van der Waals surface area contributed by atoms with Crippen LogP contribution in [0.5, 0.6) is 0 Å². The second-order valence-corrected chi connectivity index (χ2v) is 4.34. The average Bonchev–Trinajstić information content (AvgIpc) is 2.25. The van der Waals surface area contributed by atoms with E-state index in [9.17, 15) is 4.79 Å². The SMILES string of the molecule is CC(C)c1ccc(N(C)C)c(CN=C=O)c1. The Hall–Kier alpha value is -1.60. The fourth-order valence-electron chi connectivity index (χ4n) is 1.64.